The van der Waals surface area contributed by atoms with Gasteiger partial charge in [0.15, 0.2) is 6.23 Å². The molecule has 1 saturated heterocycles. The molecule has 0 radical (unpaired) electrons. The van der Waals surface area contributed by atoms with Crippen LogP contribution in [0.3, 0.4) is 0 Å². The summed E-state index contributed by atoms with van der Waals surface area (Å²) >= 11 is 0. The van der Waals surface area contributed by atoms with E-state index < -0.39 is 43.0 Å². The molecule has 2 rings (SSSR count). The molecule has 0 spiro atoms. The molecule has 4 atom stereocenters. The highest BCUT2D eigenvalue weighted by Gasteiger charge is 2.49. The lowest BCUT2D eigenvalue weighted by Gasteiger charge is -2.24. The molecule has 2 aliphatic rings. The highest BCUT2D eigenvalue weighted by atomic mass is 16.6. The summed E-state index contributed by atoms with van der Waals surface area (Å²) in [5.41, 5.74) is 0.243. The van der Waals surface area contributed by atoms with E-state index in [-0.39, 0.29) is 5.57 Å². The number of ether oxygens (including phenoxy) is 1. The number of hydrogen-bond donors (Lipinski definition) is 3. The first-order valence-electron chi connectivity index (χ1n) is 5.15. The van der Waals surface area contributed by atoms with E-state index in [0.29, 0.717) is 0 Å². The molecule has 0 bridgehead atoms. The van der Waals surface area contributed by atoms with Crippen LogP contribution in [0.2, 0.25) is 0 Å². The van der Waals surface area contributed by atoms with Gasteiger partial charge in [-0.25, -0.2) is 4.90 Å². The van der Waals surface area contributed by atoms with Crippen LogP contribution >= 0.6 is 0 Å². The highest BCUT2D eigenvalue weighted by Crippen LogP contribution is 2.27. The lowest BCUT2D eigenvalue weighted by atomic mass is 10.1. The Labute approximate surface area is 96.9 Å². The van der Waals surface area contributed by atoms with Crippen LogP contribution in [-0.2, 0) is 14.3 Å². The summed E-state index contributed by atoms with van der Waals surface area (Å²) in [5, 5.41) is 28.1. The quantitative estimate of drug-likeness (QED) is 0.472. The van der Waals surface area contributed by atoms with Crippen molar-refractivity contribution < 1.29 is 29.6 Å². The predicted octanol–water partition coefficient (Wildman–Crippen LogP) is -2.26. The van der Waals surface area contributed by atoms with Gasteiger partial charge in [-0.05, 0) is 6.92 Å². The molecule has 3 N–H and O–H groups in total. The average Bonchev–Trinajstić information content (AvgIpc) is 2.69. The van der Waals surface area contributed by atoms with Crippen LogP contribution in [0.25, 0.3) is 0 Å². The molecule has 17 heavy (non-hydrogen) atoms. The van der Waals surface area contributed by atoms with Crippen LogP contribution in [0.5, 0.6) is 0 Å². The van der Waals surface area contributed by atoms with Gasteiger partial charge in [-0.2, -0.15) is 0 Å². The molecule has 0 aromatic rings. The number of nitrogens with zero attached hydrogens (tertiary/aromatic N) is 1. The van der Waals surface area contributed by atoms with E-state index in [4.69, 9.17) is 9.84 Å². The van der Waals surface area contributed by atoms with Crippen molar-refractivity contribution in [3.05, 3.63) is 11.6 Å². The fourth-order valence-corrected chi connectivity index (χ4v) is 1.94. The Morgan fingerprint density at radius 1 is 1.35 bits per heavy atom. The lowest BCUT2D eigenvalue weighted by molar-refractivity contribution is -0.158. The van der Waals surface area contributed by atoms with Gasteiger partial charge in [-0.1, -0.05) is 0 Å². The van der Waals surface area contributed by atoms with Crippen molar-refractivity contribution >= 4 is 11.8 Å². The zero-order valence-electron chi connectivity index (χ0n) is 9.11. The maximum absolute atomic E-state index is 11.7. The molecule has 7 heteroatoms. The van der Waals surface area contributed by atoms with Crippen LogP contribution in [0.4, 0.5) is 0 Å². The molecular weight excluding hydrogens is 230 g/mol. The summed E-state index contributed by atoms with van der Waals surface area (Å²) in [4.78, 5) is 23.9. The van der Waals surface area contributed by atoms with Gasteiger partial charge in [-0.3, -0.25) is 9.59 Å². The molecule has 0 saturated carbocycles. The van der Waals surface area contributed by atoms with Gasteiger partial charge in [0.05, 0.1) is 6.61 Å². The number of carbonyl (C=O) groups excluding carboxylic acids is 2. The molecule has 0 aromatic heterocycles. The largest absolute Gasteiger partial charge is 0.394 e. The minimum atomic E-state index is -1.42. The molecular formula is C10H13NO6. The van der Waals surface area contributed by atoms with Gasteiger partial charge in [0, 0.05) is 11.6 Å². The molecule has 2 amide bonds. The van der Waals surface area contributed by atoms with Gasteiger partial charge in [-0.15, -0.1) is 0 Å². The van der Waals surface area contributed by atoms with Crippen LogP contribution in [0, 0.1) is 0 Å². The maximum atomic E-state index is 11.7. The monoisotopic (exact) mass is 243 g/mol. The Hall–Kier alpha value is -1.28. The smallest absolute Gasteiger partial charge is 0.258 e. The molecule has 2 aliphatic heterocycles. The van der Waals surface area contributed by atoms with Crippen LogP contribution in [-0.4, -0.2) is 63.2 Å². The van der Waals surface area contributed by atoms with E-state index in [0.717, 1.165) is 11.0 Å². The summed E-state index contributed by atoms with van der Waals surface area (Å²) in [6.07, 6.45) is -3.87. The lowest BCUT2D eigenvalue weighted by Crippen LogP contribution is -2.47. The van der Waals surface area contributed by atoms with E-state index in [9.17, 15) is 19.8 Å². The predicted molar refractivity (Wildman–Crippen MR) is 53.4 cm³/mol. The zero-order chi connectivity index (χ0) is 12.7. The molecule has 0 aromatic carbocycles. The van der Waals surface area contributed by atoms with E-state index in [1.54, 1.807) is 0 Å². The molecule has 7 nitrogen and oxygen atoms in total. The van der Waals surface area contributed by atoms with Crippen molar-refractivity contribution in [2.45, 2.75) is 31.5 Å². The van der Waals surface area contributed by atoms with Crippen molar-refractivity contribution in [2.24, 2.45) is 0 Å². The third-order valence-corrected chi connectivity index (χ3v) is 2.91. The van der Waals surface area contributed by atoms with Crippen molar-refractivity contribution in [2.75, 3.05) is 6.61 Å². The van der Waals surface area contributed by atoms with Crippen molar-refractivity contribution in [1.82, 2.24) is 4.90 Å². The fraction of sp³-hybridized carbons (Fsp3) is 0.600. The van der Waals surface area contributed by atoms with Gasteiger partial charge >= 0.3 is 0 Å². The SMILES string of the molecule is CC1=CC(=O)N(C2O[C@H](CO)[C@@H](O)[C@H]2O)C1=O. The fourth-order valence-electron chi connectivity index (χ4n) is 1.94. The first kappa shape index (κ1) is 12.2. The van der Waals surface area contributed by atoms with E-state index in [1.165, 1.54) is 6.92 Å². The number of aliphatic hydroxyl groups is 3. The van der Waals surface area contributed by atoms with Crippen LogP contribution < -0.4 is 0 Å². The van der Waals surface area contributed by atoms with Gasteiger partial charge in [0.2, 0.25) is 0 Å². The summed E-state index contributed by atoms with van der Waals surface area (Å²) in [5.74, 6) is -1.16. The molecule has 2 heterocycles. The Kier molecular flexibility index (Phi) is 3.00. The number of carbonyl (C=O) groups is 2. The van der Waals surface area contributed by atoms with Crippen molar-refractivity contribution in [3.8, 4) is 0 Å². The average molecular weight is 243 g/mol. The van der Waals surface area contributed by atoms with E-state index >= 15 is 0 Å². The number of rotatable bonds is 2. The number of hydrogen-bond acceptors (Lipinski definition) is 6. The molecule has 1 unspecified atom stereocenters. The number of amides is 2. The first-order valence-corrected chi connectivity index (χ1v) is 5.15. The number of aliphatic hydroxyl groups excluding tert-OH is 3. The normalized spacial score (nSPS) is 37.9. The number of imide groups is 1. The molecule has 94 valence electrons. The van der Waals surface area contributed by atoms with Crippen LogP contribution in [0.15, 0.2) is 11.6 Å². The zero-order valence-corrected chi connectivity index (χ0v) is 9.11. The van der Waals surface area contributed by atoms with Gasteiger partial charge in [0.25, 0.3) is 11.8 Å². The first-order chi connectivity index (χ1) is 7.97. The second kappa shape index (κ2) is 4.19. The molecule has 1 fully saturated rings. The Balaban J connectivity index is 2.20. The second-order valence-electron chi connectivity index (χ2n) is 4.07. The second-order valence-corrected chi connectivity index (χ2v) is 4.07. The van der Waals surface area contributed by atoms with Crippen molar-refractivity contribution in [3.63, 3.8) is 0 Å². The van der Waals surface area contributed by atoms with E-state index in [2.05, 4.69) is 0 Å². The molecule has 0 aliphatic carbocycles. The summed E-state index contributed by atoms with van der Waals surface area (Å²) in [6, 6.07) is 0. The minimum Gasteiger partial charge on any atom is -0.394 e. The third-order valence-electron chi connectivity index (χ3n) is 2.91. The summed E-state index contributed by atoms with van der Waals surface area (Å²) in [7, 11) is 0. The maximum Gasteiger partial charge on any atom is 0.258 e. The highest BCUT2D eigenvalue weighted by molar-refractivity contribution is 6.16. The topological polar surface area (TPSA) is 107 Å². The third kappa shape index (κ3) is 1.77. The van der Waals surface area contributed by atoms with Crippen molar-refractivity contribution in [1.29, 1.82) is 0 Å². The van der Waals surface area contributed by atoms with Gasteiger partial charge in [0.1, 0.15) is 18.3 Å². The van der Waals surface area contributed by atoms with Crippen LogP contribution in [0.1, 0.15) is 6.92 Å². The standard InChI is InChI=1S/C10H13NO6/c1-4-2-6(13)11(9(4)16)10-8(15)7(14)5(3-12)17-10/h2,5,7-8,10,12,14-15H,3H2,1H3/t5-,7-,8-,10?/m1/s1. The Morgan fingerprint density at radius 3 is 2.41 bits per heavy atom. The summed E-state index contributed by atoms with van der Waals surface area (Å²) < 4.78 is 5.11. The minimum absolute atomic E-state index is 0.243. The summed E-state index contributed by atoms with van der Waals surface area (Å²) in [6.45, 7) is 0.971. The van der Waals surface area contributed by atoms with E-state index in [1.807, 2.05) is 0 Å². The Morgan fingerprint density at radius 2 is 2.00 bits per heavy atom. The van der Waals surface area contributed by atoms with Gasteiger partial charge < -0.3 is 20.1 Å². The Bertz CT molecular complexity index is 392.